The fourth-order valence-corrected chi connectivity index (χ4v) is 2.64. The number of nitrogens with zero attached hydrogens (tertiary/aromatic N) is 1. The summed E-state index contributed by atoms with van der Waals surface area (Å²) in [5.41, 5.74) is 1.59. The summed E-state index contributed by atoms with van der Waals surface area (Å²) in [6, 6.07) is 4.88. The van der Waals surface area contributed by atoms with Gasteiger partial charge in [-0.25, -0.2) is 4.79 Å². The van der Waals surface area contributed by atoms with E-state index >= 15 is 0 Å². The van der Waals surface area contributed by atoms with Gasteiger partial charge >= 0.3 is 5.97 Å². The van der Waals surface area contributed by atoms with Gasteiger partial charge in [-0.3, -0.25) is 4.79 Å². The number of methoxy groups -OCH3 is 1. The van der Waals surface area contributed by atoms with Crippen molar-refractivity contribution in [3.8, 4) is 0 Å². The van der Waals surface area contributed by atoms with Gasteiger partial charge in [0.1, 0.15) is 11.5 Å². The van der Waals surface area contributed by atoms with Gasteiger partial charge in [0.2, 0.25) is 5.56 Å². The fraction of sp³-hybridized carbons (Fsp3) is 0.333. The third-order valence-electron chi connectivity index (χ3n) is 3.87. The lowest BCUT2D eigenvalue weighted by atomic mass is 10.1. The quantitative estimate of drug-likeness (QED) is 0.519. The number of aromatic nitrogens is 1. The summed E-state index contributed by atoms with van der Waals surface area (Å²) in [5, 5.41) is 0. The summed E-state index contributed by atoms with van der Waals surface area (Å²) in [7, 11) is 1.61. The number of rotatable bonds is 9. The maximum Gasteiger partial charge on any atom is 0.354 e. The molecule has 7 nitrogen and oxygen atoms in total. The predicted octanol–water partition coefficient (Wildman–Crippen LogP) is 2.60. The molecular formula is C21H26N2O5. The van der Waals surface area contributed by atoms with Crippen molar-refractivity contribution in [2.75, 3.05) is 33.5 Å². The standard InChI is InChI=1S/C21H26N2O5/c1-4-27-19(17-9-7-11-20(24)22-17)13-12-16-8-6-10-18(21(25)28-5-2)23(16)14-15-26-3/h6-13H,4-5,14-15H2,1-3H3,(H,22,24)/b16-12+,19-13-. The van der Waals surface area contributed by atoms with Crippen LogP contribution >= 0.6 is 0 Å². The smallest absolute Gasteiger partial charge is 0.354 e. The maximum atomic E-state index is 12.3. The minimum Gasteiger partial charge on any atom is -0.492 e. The Balaban J connectivity index is 2.37. The molecule has 0 fully saturated rings. The van der Waals surface area contributed by atoms with Crippen molar-refractivity contribution in [3.63, 3.8) is 0 Å². The summed E-state index contributed by atoms with van der Waals surface area (Å²) in [4.78, 5) is 28.5. The third-order valence-corrected chi connectivity index (χ3v) is 3.87. The molecule has 1 aliphatic heterocycles. The molecule has 0 amide bonds. The van der Waals surface area contributed by atoms with Crippen LogP contribution < -0.4 is 5.56 Å². The average molecular weight is 386 g/mol. The van der Waals surface area contributed by atoms with Crippen molar-refractivity contribution in [1.29, 1.82) is 0 Å². The van der Waals surface area contributed by atoms with E-state index < -0.39 is 5.97 Å². The van der Waals surface area contributed by atoms with E-state index in [1.54, 1.807) is 44.4 Å². The minimum atomic E-state index is -0.393. The van der Waals surface area contributed by atoms with Crippen molar-refractivity contribution in [3.05, 3.63) is 76.0 Å². The minimum absolute atomic E-state index is 0.206. The molecule has 1 aromatic rings. The van der Waals surface area contributed by atoms with E-state index in [0.717, 1.165) is 5.70 Å². The molecule has 0 atom stereocenters. The van der Waals surface area contributed by atoms with Crippen LogP contribution in [0.3, 0.4) is 0 Å². The van der Waals surface area contributed by atoms with E-state index in [0.29, 0.717) is 43.5 Å². The summed E-state index contributed by atoms with van der Waals surface area (Å²) in [5.74, 6) is 0.135. The Morgan fingerprint density at radius 2 is 2.00 bits per heavy atom. The molecule has 28 heavy (non-hydrogen) atoms. The summed E-state index contributed by atoms with van der Waals surface area (Å²) in [6.07, 6.45) is 8.98. The van der Waals surface area contributed by atoms with Crippen molar-refractivity contribution in [1.82, 2.24) is 9.88 Å². The molecule has 1 N–H and O–H groups in total. The molecule has 0 radical (unpaired) electrons. The number of ether oxygens (including phenoxy) is 3. The Labute approximate surface area is 164 Å². The van der Waals surface area contributed by atoms with Crippen molar-refractivity contribution >= 4 is 11.7 Å². The van der Waals surface area contributed by atoms with Gasteiger partial charge in [-0.15, -0.1) is 0 Å². The van der Waals surface area contributed by atoms with Gasteiger partial charge < -0.3 is 24.1 Å². The number of hydrogen-bond acceptors (Lipinski definition) is 6. The Hall–Kier alpha value is -3.06. The monoisotopic (exact) mass is 386 g/mol. The largest absolute Gasteiger partial charge is 0.492 e. The van der Waals surface area contributed by atoms with Gasteiger partial charge in [-0.05, 0) is 44.2 Å². The molecule has 0 spiro atoms. The van der Waals surface area contributed by atoms with E-state index in [4.69, 9.17) is 14.2 Å². The van der Waals surface area contributed by atoms with Crippen LogP contribution in [0.2, 0.25) is 0 Å². The van der Waals surface area contributed by atoms with E-state index in [9.17, 15) is 9.59 Å². The van der Waals surface area contributed by atoms with E-state index in [1.807, 2.05) is 24.0 Å². The zero-order valence-electron chi connectivity index (χ0n) is 16.4. The second kappa shape index (κ2) is 10.9. The summed E-state index contributed by atoms with van der Waals surface area (Å²) in [6.45, 7) is 5.31. The number of carbonyl (C=O) groups is 1. The van der Waals surface area contributed by atoms with Crippen LogP contribution in [0.15, 0.2) is 64.8 Å². The first-order valence-electron chi connectivity index (χ1n) is 9.17. The zero-order valence-corrected chi connectivity index (χ0v) is 16.4. The number of aromatic amines is 1. The Kier molecular flexibility index (Phi) is 8.30. The normalized spacial score (nSPS) is 15.5. The van der Waals surface area contributed by atoms with Crippen molar-refractivity contribution in [2.45, 2.75) is 13.8 Å². The third kappa shape index (κ3) is 5.72. The SMILES string of the molecule is CCOC(=O)C1=CC=C/C(=C\C=C(/OCC)c2cccc(=O)[nH]2)N1CCOC. The molecule has 0 bridgehead atoms. The molecule has 2 heterocycles. The van der Waals surface area contributed by atoms with Crippen LogP contribution in [0.5, 0.6) is 0 Å². The number of nitrogens with one attached hydrogen (secondary N) is 1. The van der Waals surface area contributed by atoms with Crippen LogP contribution in [-0.2, 0) is 19.0 Å². The number of allylic oxidation sites excluding steroid dienone is 5. The summed E-state index contributed by atoms with van der Waals surface area (Å²) >= 11 is 0. The number of pyridine rings is 1. The molecule has 0 aromatic carbocycles. The number of carbonyl (C=O) groups excluding carboxylic acids is 1. The van der Waals surface area contributed by atoms with Crippen LogP contribution in [-0.4, -0.2) is 49.3 Å². The van der Waals surface area contributed by atoms with Crippen molar-refractivity contribution < 1.29 is 19.0 Å². The average Bonchev–Trinajstić information content (AvgIpc) is 2.69. The fourth-order valence-electron chi connectivity index (χ4n) is 2.64. The van der Waals surface area contributed by atoms with E-state index in [2.05, 4.69) is 4.98 Å². The second-order valence-corrected chi connectivity index (χ2v) is 5.76. The highest BCUT2D eigenvalue weighted by Crippen LogP contribution is 2.22. The van der Waals surface area contributed by atoms with E-state index in [1.165, 1.54) is 6.07 Å². The molecule has 0 unspecified atom stereocenters. The highest BCUT2D eigenvalue weighted by atomic mass is 16.5. The van der Waals surface area contributed by atoms with Gasteiger partial charge in [0.15, 0.2) is 0 Å². The van der Waals surface area contributed by atoms with Crippen LogP contribution in [0.25, 0.3) is 5.76 Å². The number of hydrogen-bond donors (Lipinski definition) is 1. The highest BCUT2D eigenvalue weighted by Gasteiger charge is 2.22. The molecular weight excluding hydrogens is 360 g/mol. The first kappa shape index (κ1) is 21.2. The van der Waals surface area contributed by atoms with Crippen LogP contribution in [0.1, 0.15) is 19.5 Å². The Morgan fingerprint density at radius 3 is 2.68 bits per heavy atom. The first-order valence-corrected chi connectivity index (χ1v) is 9.17. The van der Waals surface area contributed by atoms with E-state index in [-0.39, 0.29) is 5.56 Å². The van der Waals surface area contributed by atoms with Crippen molar-refractivity contribution in [2.24, 2.45) is 0 Å². The molecule has 0 aliphatic carbocycles. The Bertz CT molecular complexity index is 848. The lowest BCUT2D eigenvalue weighted by molar-refractivity contribution is -0.140. The molecule has 0 saturated carbocycles. The Morgan fingerprint density at radius 1 is 1.21 bits per heavy atom. The lowest BCUT2D eigenvalue weighted by Gasteiger charge is -2.28. The maximum absolute atomic E-state index is 12.3. The number of esters is 1. The molecule has 150 valence electrons. The highest BCUT2D eigenvalue weighted by molar-refractivity contribution is 5.89. The molecule has 1 aliphatic rings. The van der Waals surface area contributed by atoms with Crippen LogP contribution in [0.4, 0.5) is 0 Å². The van der Waals surface area contributed by atoms with Gasteiger partial charge in [0, 0.05) is 25.4 Å². The lowest BCUT2D eigenvalue weighted by Crippen LogP contribution is -2.32. The van der Waals surface area contributed by atoms with Gasteiger partial charge in [-0.2, -0.15) is 0 Å². The van der Waals surface area contributed by atoms with Gasteiger partial charge in [0.25, 0.3) is 0 Å². The predicted molar refractivity (Wildman–Crippen MR) is 107 cm³/mol. The van der Waals surface area contributed by atoms with Crippen LogP contribution in [0, 0.1) is 0 Å². The molecule has 1 aromatic heterocycles. The molecule has 2 rings (SSSR count). The topological polar surface area (TPSA) is 80.9 Å². The number of H-pyrrole nitrogens is 1. The first-order chi connectivity index (χ1) is 13.6. The van der Waals surface area contributed by atoms with Gasteiger partial charge in [-0.1, -0.05) is 12.1 Å². The molecule has 0 saturated heterocycles. The summed E-state index contributed by atoms with van der Waals surface area (Å²) < 4.78 is 16.0. The molecule has 7 heteroatoms. The zero-order chi connectivity index (χ0) is 20.4. The second-order valence-electron chi connectivity index (χ2n) is 5.76. The van der Waals surface area contributed by atoms with Gasteiger partial charge in [0.05, 0.1) is 25.5 Å².